The molecule has 1 heterocycles. The number of hydrogen-bond acceptors (Lipinski definition) is 0. The zero-order chi connectivity index (χ0) is 10.1. The summed E-state index contributed by atoms with van der Waals surface area (Å²) in [5, 5.41) is 1.35. The van der Waals surface area contributed by atoms with Crippen LogP contribution in [0.3, 0.4) is 0 Å². The zero-order valence-electron chi connectivity index (χ0n) is 9.04. The fourth-order valence-electron chi connectivity index (χ4n) is 2.02. The molecule has 72 valence electrons. The molecule has 0 saturated heterocycles. The van der Waals surface area contributed by atoms with Gasteiger partial charge in [0.1, 0.15) is 7.05 Å². The standard InChI is InChI=1S/C13H16N/c1-4-11-9-10(2)12-7-5-6-8-13(12)14(11)3/h5-9H,4H2,1-3H3/q+1. The van der Waals surface area contributed by atoms with Gasteiger partial charge in [-0.3, -0.25) is 0 Å². The van der Waals surface area contributed by atoms with Crippen molar-refractivity contribution in [2.75, 3.05) is 0 Å². The van der Waals surface area contributed by atoms with Crippen molar-refractivity contribution in [1.29, 1.82) is 0 Å². The van der Waals surface area contributed by atoms with Gasteiger partial charge in [0.25, 0.3) is 0 Å². The van der Waals surface area contributed by atoms with Gasteiger partial charge in [0.15, 0.2) is 5.69 Å². The number of rotatable bonds is 1. The largest absolute Gasteiger partial charge is 0.212 e. The molecule has 2 aromatic rings. The number of aryl methyl sites for hydroxylation is 3. The third kappa shape index (κ3) is 1.29. The van der Waals surface area contributed by atoms with Gasteiger partial charge in [-0.1, -0.05) is 19.1 Å². The summed E-state index contributed by atoms with van der Waals surface area (Å²) < 4.78 is 2.28. The first-order chi connectivity index (χ1) is 6.74. The first-order valence-corrected chi connectivity index (χ1v) is 5.11. The second kappa shape index (κ2) is 3.41. The van der Waals surface area contributed by atoms with E-state index >= 15 is 0 Å². The molecule has 14 heavy (non-hydrogen) atoms. The van der Waals surface area contributed by atoms with Crippen molar-refractivity contribution in [1.82, 2.24) is 0 Å². The minimum absolute atomic E-state index is 1.09. The van der Waals surface area contributed by atoms with Gasteiger partial charge in [-0.05, 0) is 18.6 Å². The van der Waals surface area contributed by atoms with E-state index in [0.29, 0.717) is 0 Å². The Bertz CT molecular complexity index is 472. The summed E-state index contributed by atoms with van der Waals surface area (Å²) in [6.07, 6.45) is 1.09. The van der Waals surface area contributed by atoms with Crippen molar-refractivity contribution in [3.05, 3.63) is 41.6 Å². The van der Waals surface area contributed by atoms with Crippen LogP contribution in [0.2, 0.25) is 0 Å². The van der Waals surface area contributed by atoms with Gasteiger partial charge in [0.2, 0.25) is 5.52 Å². The highest BCUT2D eigenvalue weighted by molar-refractivity contribution is 5.79. The number of aromatic nitrogens is 1. The Morgan fingerprint density at radius 1 is 1.21 bits per heavy atom. The first-order valence-electron chi connectivity index (χ1n) is 5.11. The van der Waals surface area contributed by atoms with Crippen LogP contribution in [0.15, 0.2) is 30.3 Å². The van der Waals surface area contributed by atoms with Crippen LogP contribution < -0.4 is 4.57 Å². The molecule has 1 aromatic carbocycles. The quantitative estimate of drug-likeness (QED) is 0.603. The average Bonchev–Trinajstić information content (AvgIpc) is 2.23. The van der Waals surface area contributed by atoms with Crippen molar-refractivity contribution in [2.45, 2.75) is 20.3 Å². The maximum absolute atomic E-state index is 2.28. The average molecular weight is 186 g/mol. The second-order valence-corrected chi connectivity index (χ2v) is 3.75. The minimum atomic E-state index is 1.09. The van der Waals surface area contributed by atoms with Crippen molar-refractivity contribution in [2.24, 2.45) is 7.05 Å². The third-order valence-electron chi connectivity index (χ3n) is 2.87. The Morgan fingerprint density at radius 3 is 2.64 bits per heavy atom. The molecule has 0 saturated carbocycles. The Labute approximate surface area is 85.0 Å². The number of pyridine rings is 1. The van der Waals surface area contributed by atoms with E-state index in [2.05, 4.69) is 55.8 Å². The Morgan fingerprint density at radius 2 is 1.93 bits per heavy atom. The molecule has 0 fully saturated rings. The van der Waals surface area contributed by atoms with Crippen LogP contribution in [0, 0.1) is 6.92 Å². The predicted octanol–water partition coefficient (Wildman–Crippen LogP) is 2.54. The molecule has 1 aromatic heterocycles. The van der Waals surface area contributed by atoms with Crippen LogP contribution in [0.5, 0.6) is 0 Å². The summed E-state index contributed by atoms with van der Waals surface area (Å²) >= 11 is 0. The van der Waals surface area contributed by atoms with E-state index < -0.39 is 0 Å². The molecule has 1 nitrogen and oxygen atoms in total. The molecule has 0 aliphatic carbocycles. The summed E-state index contributed by atoms with van der Waals surface area (Å²) in [7, 11) is 2.14. The summed E-state index contributed by atoms with van der Waals surface area (Å²) in [6.45, 7) is 4.38. The second-order valence-electron chi connectivity index (χ2n) is 3.75. The van der Waals surface area contributed by atoms with Gasteiger partial charge >= 0.3 is 0 Å². The van der Waals surface area contributed by atoms with Gasteiger partial charge < -0.3 is 0 Å². The molecule has 1 heteroatoms. The molecule has 0 spiro atoms. The highest BCUT2D eigenvalue weighted by atomic mass is 14.9. The fourth-order valence-corrected chi connectivity index (χ4v) is 2.02. The maximum atomic E-state index is 2.28. The van der Waals surface area contributed by atoms with Crippen LogP contribution in [0.25, 0.3) is 10.9 Å². The van der Waals surface area contributed by atoms with Gasteiger partial charge in [-0.2, -0.15) is 4.57 Å². The minimum Gasteiger partial charge on any atom is -0.198 e. The smallest absolute Gasteiger partial charge is 0.198 e. The summed E-state index contributed by atoms with van der Waals surface area (Å²) in [4.78, 5) is 0. The lowest BCUT2D eigenvalue weighted by Gasteiger charge is -2.04. The third-order valence-corrected chi connectivity index (χ3v) is 2.87. The number of nitrogens with zero attached hydrogens (tertiary/aromatic N) is 1. The SMILES string of the molecule is CCc1cc(C)c2ccccc2[n+]1C. The molecule has 0 atom stereocenters. The normalized spacial score (nSPS) is 10.8. The maximum Gasteiger partial charge on any atom is 0.212 e. The summed E-state index contributed by atoms with van der Waals surface area (Å²) in [6, 6.07) is 10.8. The number of fused-ring (bicyclic) bond motifs is 1. The molecule has 0 amide bonds. The van der Waals surface area contributed by atoms with Crippen molar-refractivity contribution >= 4 is 10.9 Å². The van der Waals surface area contributed by atoms with Gasteiger partial charge in [0, 0.05) is 23.9 Å². The van der Waals surface area contributed by atoms with E-state index in [1.807, 2.05) is 0 Å². The van der Waals surface area contributed by atoms with Crippen molar-refractivity contribution in [3.8, 4) is 0 Å². The van der Waals surface area contributed by atoms with Crippen molar-refractivity contribution < 1.29 is 4.57 Å². The van der Waals surface area contributed by atoms with Crippen LogP contribution in [-0.4, -0.2) is 0 Å². The highest BCUT2D eigenvalue weighted by Gasteiger charge is 2.11. The molecule has 0 unspecified atom stereocenters. The molecule has 0 aliphatic rings. The van der Waals surface area contributed by atoms with E-state index in [1.165, 1.54) is 22.2 Å². The van der Waals surface area contributed by atoms with Gasteiger partial charge in [-0.15, -0.1) is 0 Å². The molecule has 0 bridgehead atoms. The number of hydrogen-bond donors (Lipinski definition) is 0. The fraction of sp³-hybridized carbons (Fsp3) is 0.308. The monoisotopic (exact) mass is 186 g/mol. The zero-order valence-corrected chi connectivity index (χ0v) is 9.04. The van der Waals surface area contributed by atoms with E-state index in [4.69, 9.17) is 0 Å². The van der Waals surface area contributed by atoms with Crippen LogP contribution in [0.4, 0.5) is 0 Å². The molecular formula is C13H16N+. The van der Waals surface area contributed by atoms with Gasteiger partial charge in [-0.25, -0.2) is 0 Å². The van der Waals surface area contributed by atoms with E-state index in [1.54, 1.807) is 0 Å². The highest BCUT2D eigenvalue weighted by Crippen LogP contribution is 2.15. The molecule has 2 rings (SSSR count). The molecular weight excluding hydrogens is 170 g/mol. The van der Waals surface area contributed by atoms with E-state index in [9.17, 15) is 0 Å². The molecule has 0 aliphatic heterocycles. The summed E-state index contributed by atoms with van der Waals surface area (Å²) in [5.74, 6) is 0. The number of para-hydroxylation sites is 1. The van der Waals surface area contributed by atoms with E-state index in [0.717, 1.165) is 6.42 Å². The predicted molar refractivity (Wildman–Crippen MR) is 59.2 cm³/mol. The van der Waals surface area contributed by atoms with Crippen molar-refractivity contribution in [3.63, 3.8) is 0 Å². The Kier molecular flexibility index (Phi) is 2.24. The van der Waals surface area contributed by atoms with Gasteiger partial charge in [0.05, 0.1) is 0 Å². The van der Waals surface area contributed by atoms with Crippen LogP contribution in [0.1, 0.15) is 18.2 Å². The lowest BCUT2D eigenvalue weighted by atomic mass is 10.1. The van der Waals surface area contributed by atoms with Crippen LogP contribution in [-0.2, 0) is 13.5 Å². The van der Waals surface area contributed by atoms with E-state index in [-0.39, 0.29) is 0 Å². The van der Waals surface area contributed by atoms with Crippen LogP contribution >= 0.6 is 0 Å². The summed E-state index contributed by atoms with van der Waals surface area (Å²) in [5.41, 5.74) is 4.08. The Balaban J connectivity index is 2.87. The first kappa shape index (κ1) is 9.20. The molecule has 0 radical (unpaired) electrons. The lowest BCUT2D eigenvalue weighted by molar-refractivity contribution is -0.652. The molecule has 0 N–H and O–H groups in total. The number of benzene rings is 1. The lowest BCUT2D eigenvalue weighted by Crippen LogP contribution is -2.34. The Hall–Kier alpha value is -1.37. The topological polar surface area (TPSA) is 3.88 Å².